The molecule has 0 fully saturated rings. The molecule has 2 aromatic heterocycles. The number of nitrogens with two attached hydrogens (primary N) is 1. The molecule has 0 aliphatic carbocycles. The Labute approximate surface area is 168 Å². The Morgan fingerprint density at radius 3 is 2.86 bits per heavy atom. The van der Waals surface area contributed by atoms with Gasteiger partial charge in [-0.2, -0.15) is 0 Å². The van der Waals surface area contributed by atoms with Gasteiger partial charge in [0.05, 0.1) is 46.3 Å². The third-order valence-electron chi connectivity index (χ3n) is 5.90. The number of ether oxygens (including phenoxy) is 2. The Kier molecular flexibility index (Phi) is 3.18. The van der Waals surface area contributed by atoms with Crippen molar-refractivity contribution in [1.82, 2.24) is 9.55 Å². The summed E-state index contributed by atoms with van der Waals surface area (Å²) in [5, 5.41) is 11.4. The van der Waals surface area contributed by atoms with Crippen molar-refractivity contribution in [3.8, 4) is 17.1 Å². The number of carbonyl (C=O) groups is 1. The highest BCUT2D eigenvalue weighted by molar-refractivity contribution is 6.34. The number of carbonyl (C=O) groups excluding carboxylic acids is 1. The highest BCUT2D eigenvalue weighted by Gasteiger charge is 2.35. The SMILES string of the molecule is Nc1c(Cl)cc2nc3c(c4c2c1OCC4)Cn1c-3cc2c(c1=O)COC(=O)C2O. The third kappa shape index (κ3) is 2.05. The maximum absolute atomic E-state index is 13.1. The number of fused-ring (bicyclic) bond motifs is 5. The normalized spacial score (nSPS) is 18.7. The lowest BCUT2D eigenvalue weighted by Crippen LogP contribution is -2.32. The number of aliphatic hydroxyl groups is 1. The highest BCUT2D eigenvalue weighted by Crippen LogP contribution is 2.45. The number of anilines is 1. The van der Waals surface area contributed by atoms with Crippen LogP contribution < -0.4 is 16.0 Å². The summed E-state index contributed by atoms with van der Waals surface area (Å²) in [5.41, 5.74) is 10.6. The number of cyclic esters (lactones) is 1. The molecule has 3 aliphatic rings. The van der Waals surface area contributed by atoms with E-state index in [4.69, 9.17) is 31.8 Å². The fourth-order valence-electron chi connectivity index (χ4n) is 4.51. The molecule has 146 valence electrons. The van der Waals surface area contributed by atoms with Gasteiger partial charge in [-0.3, -0.25) is 4.79 Å². The van der Waals surface area contributed by atoms with E-state index in [2.05, 4.69) is 0 Å². The predicted molar refractivity (Wildman–Crippen MR) is 104 cm³/mol. The van der Waals surface area contributed by atoms with Crippen molar-refractivity contribution >= 4 is 34.2 Å². The van der Waals surface area contributed by atoms with E-state index in [1.807, 2.05) is 0 Å². The fourth-order valence-corrected chi connectivity index (χ4v) is 4.70. The van der Waals surface area contributed by atoms with Crippen LogP contribution in [0.4, 0.5) is 5.69 Å². The zero-order chi connectivity index (χ0) is 20.0. The first-order chi connectivity index (χ1) is 14.0. The molecular weight excluding hydrogens is 398 g/mol. The second-order valence-corrected chi connectivity index (χ2v) is 7.78. The number of nitrogen functional groups attached to an aromatic ring is 1. The van der Waals surface area contributed by atoms with Crippen LogP contribution in [0.25, 0.3) is 22.3 Å². The molecule has 5 heterocycles. The highest BCUT2D eigenvalue weighted by atomic mass is 35.5. The summed E-state index contributed by atoms with van der Waals surface area (Å²) in [6.45, 7) is 0.653. The van der Waals surface area contributed by atoms with Crippen LogP contribution in [0, 0.1) is 0 Å². The zero-order valence-corrected chi connectivity index (χ0v) is 15.7. The zero-order valence-electron chi connectivity index (χ0n) is 15.0. The molecule has 3 aromatic rings. The summed E-state index contributed by atoms with van der Waals surface area (Å²) in [6, 6.07) is 3.36. The molecule has 0 radical (unpaired) electrons. The first kappa shape index (κ1) is 16.8. The van der Waals surface area contributed by atoms with Crippen molar-refractivity contribution in [2.45, 2.75) is 25.7 Å². The molecule has 0 spiro atoms. The van der Waals surface area contributed by atoms with Crippen molar-refractivity contribution in [3.63, 3.8) is 0 Å². The molecule has 3 N–H and O–H groups in total. The van der Waals surface area contributed by atoms with Gasteiger partial charge in [-0.25, -0.2) is 9.78 Å². The van der Waals surface area contributed by atoms with E-state index >= 15 is 0 Å². The van der Waals surface area contributed by atoms with Gasteiger partial charge in [0, 0.05) is 22.9 Å². The van der Waals surface area contributed by atoms with Gasteiger partial charge in [0.15, 0.2) is 11.9 Å². The van der Waals surface area contributed by atoms with Gasteiger partial charge in [-0.05, 0) is 17.7 Å². The Balaban J connectivity index is 1.68. The van der Waals surface area contributed by atoms with Crippen LogP contribution in [0.5, 0.6) is 5.75 Å². The molecule has 9 heteroatoms. The van der Waals surface area contributed by atoms with E-state index in [1.54, 1.807) is 16.7 Å². The largest absolute Gasteiger partial charge is 0.490 e. The summed E-state index contributed by atoms with van der Waals surface area (Å²) in [6.07, 6.45) is -0.822. The number of hydrogen-bond donors (Lipinski definition) is 2. The molecule has 29 heavy (non-hydrogen) atoms. The Bertz CT molecular complexity index is 1350. The van der Waals surface area contributed by atoms with E-state index in [0.717, 1.165) is 16.5 Å². The number of aliphatic hydroxyl groups excluding tert-OH is 1. The number of esters is 1. The number of aromatic nitrogens is 2. The minimum absolute atomic E-state index is 0.146. The number of benzene rings is 1. The Morgan fingerprint density at radius 2 is 2.03 bits per heavy atom. The Hall–Kier alpha value is -3.10. The van der Waals surface area contributed by atoms with Crippen LogP contribution in [-0.2, 0) is 29.1 Å². The molecule has 1 atom stereocenters. The summed E-state index contributed by atoms with van der Waals surface area (Å²) in [7, 11) is 0. The van der Waals surface area contributed by atoms with Crippen molar-refractivity contribution in [2.24, 2.45) is 0 Å². The fraction of sp³-hybridized carbons (Fsp3) is 0.250. The smallest absolute Gasteiger partial charge is 0.340 e. The second kappa shape index (κ2) is 5.49. The van der Waals surface area contributed by atoms with Gasteiger partial charge in [0.2, 0.25) is 0 Å². The molecule has 0 saturated carbocycles. The average Bonchev–Trinajstić information content (AvgIpc) is 3.08. The molecular formula is C20H14ClN3O5. The lowest BCUT2D eigenvalue weighted by atomic mass is 9.95. The van der Waals surface area contributed by atoms with Gasteiger partial charge in [-0.1, -0.05) is 11.6 Å². The maximum Gasteiger partial charge on any atom is 0.340 e. The van der Waals surface area contributed by atoms with E-state index in [9.17, 15) is 14.7 Å². The topological polar surface area (TPSA) is 117 Å². The monoisotopic (exact) mass is 411 g/mol. The minimum atomic E-state index is -1.48. The molecule has 1 unspecified atom stereocenters. The lowest BCUT2D eigenvalue weighted by molar-refractivity contribution is -0.157. The first-order valence-electron chi connectivity index (χ1n) is 9.13. The third-order valence-corrected chi connectivity index (χ3v) is 6.21. The average molecular weight is 412 g/mol. The van der Waals surface area contributed by atoms with Crippen molar-refractivity contribution < 1.29 is 19.4 Å². The molecule has 0 amide bonds. The van der Waals surface area contributed by atoms with E-state index in [-0.39, 0.29) is 17.7 Å². The molecule has 1 aromatic carbocycles. The van der Waals surface area contributed by atoms with Gasteiger partial charge < -0.3 is 24.9 Å². The van der Waals surface area contributed by atoms with Crippen LogP contribution in [0.15, 0.2) is 16.9 Å². The van der Waals surface area contributed by atoms with E-state index < -0.39 is 12.1 Å². The van der Waals surface area contributed by atoms with Gasteiger partial charge in [0.25, 0.3) is 5.56 Å². The number of hydrogen-bond acceptors (Lipinski definition) is 7. The van der Waals surface area contributed by atoms with Crippen LogP contribution in [0.3, 0.4) is 0 Å². The predicted octanol–water partition coefficient (Wildman–Crippen LogP) is 1.69. The van der Waals surface area contributed by atoms with E-state index in [1.165, 1.54) is 0 Å². The van der Waals surface area contributed by atoms with Crippen LogP contribution in [0.1, 0.15) is 28.4 Å². The summed E-state index contributed by atoms with van der Waals surface area (Å²) < 4.78 is 12.3. The Morgan fingerprint density at radius 1 is 1.21 bits per heavy atom. The van der Waals surface area contributed by atoms with Gasteiger partial charge in [0.1, 0.15) is 6.61 Å². The second-order valence-electron chi connectivity index (χ2n) is 7.38. The first-order valence-corrected chi connectivity index (χ1v) is 9.51. The number of rotatable bonds is 0. The number of nitrogens with zero attached hydrogens (tertiary/aromatic N) is 2. The molecule has 6 rings (SSSR count). The summed E-state index contributed by atoms with van der Waals surface area (Å²) in [5.74, 6) is -0.230. The van der Waals surface area contributed by atoms with Crippen molar-refractivity contribution in [3.05, 3.63) is 49.8 Å². The lowest BCUT2D eigenvalue weighted by Gasteiger charge is -2.22. The van der Waals surface area contributed by atoms with Crippen LogP contribution in [0.2, 0.25) is 5.02 Å². The quantitative estimate of drug-likeness (QED) is 0.334. The molecule has 3 aliphatic heterocycles. The standard InChI is InChI=1S/C20H14ClN3O5/c21-11-4-12-14-7(1-2-28-18(14)15(11)22)9-5-24-13(16(9)23-12)3-8-10(19(24)26)6-29-20(27)17(8)25/h3-4,17,25H,1-2,5-6,22H2. The summed E-state index contributed by atoms with van der Waals surface area (Å²) in [4.78, 5) is 29.6. The summed E-state index contributed by atoms with van der Waals surface area (Å²) >= 11 is 6.27. The van der Waals surface area contributed by atoms with E-state index in [0.29, 0.717) is 58.5 Å². The van der Waals surface area contributed by atoms with Crippen molar-refractivity contribution in [2.75, 3.05) is 12.3 Å². The molecule has 0 saturated heterocycles. The maximum atomic E-state index is 13.1. The van der Waals surface area contributed by atoms with Crippen LogP contribution >= 0.6 is 11.6 Å². The molecule has 0 bridgehead atoms. The number of halogens is 1. The minimum Gasteiger partial charge on any atom is -0.490 e. The molecule has 8 nitrogen and oxygen atoms in total. The van der Waals surface area contributed by atoms with Crippen LogP contribution in [-0.4, -0.2) is 27.2 Å². The van der Waals surface area contributed by atoms with Gasteiger partial charge in [-0.15, -0.1) is 0 Å². The number of pyridine rings is 2. The van der Waals surface area contributed by atoms with Crippen molar-refractivity contribution in [1.29, 1.82) is 0 Å². The van der Waals surface area contributed by atoms with Gasteiger partial charge >= 0.3 is 5.97 Å².